The molecule has 0 fully saturated rings. The van der Waals surface area contributed by atoms with Crippen molar-refractivity contribution in [2.45, 2.75) is 39.3 Å². The van der Waals surface area contributed by atoms with Crippen LogP contribution >= 0.6 is 0 Å². The third-order valence-corrected chi connectivity index (χ3v) is 2.52. The van der Waals surface area contributed by atoms with E-state index in [9.17, 15) is 4.79 Å². The van der Waals surface area contributed by atoms with Gasteiger partial charge in [0.2, 0.25) is 5.91 Å². The van der Waals surface area contributed by atoms with E-state index in [0.717, 1.165) is 11.1 Å². The predicted octanol–water partition coefficient (Wildman–Crippen LogP) is 1.85. The van der Waals surface area contributed by atoms with Crippen LogP contribution in [-0.2, 0) is 16.1 Å². The van der Waals surface area contributed by atoms with Gasteiger partial charge in [0.25, 0.3) is 0 Å². The molecule has 0 heterocycles. The van der Waals surface area contributed by atoms with E-state index in [1.165, 1.54) is 0 Å². The molecule has 4 nitrogen and oxygen atoms in total. The molecule has 0 atom stereocenters. The molecule has 21 heavy (non-hydrogen) atoms. The number of benzene rings is 1. The Bertz CT molecular complexity index is 521. The second-order valence-corrected chi connectivity index (χ2v) is 5.65. The van der Waals surface area contributed by atoms with E-state index < -0.39 is 0 Å². The van der Waals surface area contributed by atoms with Crippen molar-refractivity contribution in [2.75, 3.05) is 13.2 Å². The Morgan fingerprint density at radius 2 is 2.14 bits per heavy atom. The lowest BCUT2D eigenvalue weighted by molar-refractivity contribution is -0.130. The number of amides is 1. The van der Waals surface area contributed by atoms with Gasteiger partial charge >= 0.3 is 0 Å². The number of carbonyl (C=O) groups excluding carboxylic acids is 1. The van der Waals surface area contributed by atoms with E-state index >= 15 is 0 Å². The van der Waals surface area contributed by atoms with E-state index in [1.54, 1.807) is 0 Å². The van der Waals surface area contributed by atoms with Gasteiger partial charge < -0.3 is 15.2 Å². The Labute approximate surface area is 126 Å². The Morgan fingerprint density at radius 3 is 2.81 bits per heavy atom. The molecular formula is C17H23NO3. The normalized spacial score (nSPS) is 10.7. The van der Waals surface area contributed by atoms with Crippen molar-refractivity contribution in [3.8, 4) is 11.8 Å². The monoisotopic (exact) mass is 289 g/mol. The fourth-order valence-corrected chi connectivity index (χ4v) is 1.51. The lowest BCUT2D eigenvalue weighted by Gasteiger charge is -2.19. The minimum atomic E-state index is -0.320. The first-order valence-corrected chi connectivity index (χ1v) is 7.00. The highest BCUT2D eigenvalue weighted by Crippen LogP contribution is 2.06. The van der Waals surface area contributed by atoms with Crippen LogP contribution in [0.3, 0.4) is 0 Å². The summed E-state index contributed by atoms with van der Waals surface area (Å²) in [6, 6.07) is 7.66. The van der Waals surface area contributed by atoms with Gasteiger partial charge in [0.05, 0.1) is 12.2 Å². The van der Waals surface area contributed by atoms with Gasteiger partial charge in [-0.05, 0) is 38.5 Å². The maximum absolute atomic E-state index is 11.7. The van der Waals surface area contributed by atoms with Crippen molar-refractivity contribution in [3.05, 3.63) is 35.4 Å². The molecule has 1 aromatic rings. The number of nitrogens with one attached hydrogen (secondary N) is 1. The van der Waals surface area contributed by atoms with Gasteiger partial charge in [-0.2, -0.15) is 0 Å². The smallest absolute Gasteiger partial charge is 0.246 e. The van der Waals surface area contributed by atoms with Gasteiger partial charge in [0.1, 0.15) is 6.61 Å². The first kappa shape index (κ1) is 17.2. The SMILES string of the molecule is CC(C)(C)OCC(=O)NCc1cccc(C#CCCO)c1. The second kappa shape index (κ2) is 8.46. The standard InChI is InChI=1S/C17H23NO3/c1-17(2,3)21-13-16(20)18-12-15-9-6-8-14(11-15)7-4-5-10-19/h6,8-9,11,19H,5,10,12-13H2,1-3H3,(H,18,20). The lowest BCUT2D eigenvalue weighted by atomic mass is 10.1. The molecule has 0 saturated heterocycles. The zero-order valence-corrected chi connectivity index (χ0v) is 12.9. The van der Waals surface area contributed by atoms with Gasteiger partial charge in [-0.25, -0.2) is 0 Å². The van der Waals surface area contributed by atoms with Gasteiger partial charge in [-0.15, -0.1) is 0 Å². The molecule has 0 aliphatic rings. The van der Waals surface area contributed by atoms with Crippen molar-refractivity contribution in [1.29, 1.82) is 0 Å². The predicted molar refractivity (Wildman–Crippen MR) is 82.6 cm³/mol. The first-order chi connectivity index (χ1) is 9.90. The second-order valence-electron chi connectivity index (χ2n) is 5.65. The average Bonchev–Trinajstić information content (AvgIpc) is 2.43. The van der Waals surface area contributed by atoms with E-state index in [0.29, 0.717) is 13.0 Å². The fourth-order valence-electron chi connectivity index (χ4n) is 1.51. The summed E-state index contributed by atoms with van der Waals surface area (Å²) in [5.41, 5.74) is 1.54. The van der Waals surface area contributed by atoms with Crippen molar-refractivity contribution >= 4 is 5.91 Å². The van der Waals surface area contributed by atoms with E-state index in [2.05, 4.69) is 17.2 Å². The molecule has 0 bridgehead atoms. The number of aliphatic hydroxyl groups is 1. The third-order valence-electron chi connectivity index (χ3n) is 2.52. The zero-order valence-electron chi connectivity index (χ0n) is 12.9. The number of aliphatic hydroxyl groups excluding tert-OH is 1. The highest BCUT2D eigenvalue weighted by molar-refractivity contribution is 5.77. The molecule has 0 aliphatic carbocycles. The van der Waals surface area contributed by atoms with Gasteiger partial charge in [-0.3, -0.25) is 4.79 Å². The molecule has 0 radical (unpaired) electrons. The minimum Gasteiger partial charge on any atom is -0.395 e. The summed E-state index contributed by atoms with van der Waals surface area (Å²) in [5, 5.41) is 11.5. The molecular weight excluding hydrogens is 266 g/mol. The van der Waals surface area contributed by atoms with Gasteiger partial charge in [0, 0.05) is 18.5 Å². The summed E-state index contributed by atoms with van der Waals surface area (Å²) in [4.78, 5) is 11.7. The lowest BCUT2D eigenvalue weighted by Crippen LogP contribution is -2.31. The summed E-state index contributed by atoms with van der Waals surface area (Å²) >= 11 is 0. The van der Waals surface area contributed by atoms with Crippen molar-refractivity contribution in [1.82, 2.24) is 5.32 Å². The molecule has 0 unspecified atom stereocenters. The van der Waals surface area contributed by atoms with Crippen LogP contribution in [0, 0.1) is 11.8 Å². The molecule has 1 aromatic carbocycles. The molecule has 0 aliphatic heterocycles. The van der Waals surface area contributed by atoms with E-state index in [1.807, 2.05) is 45.0 Å². The van der Waals surface area contributed by atoms with E-state index in [-0.39, 0.29) is 24.7 Å². The van der Waals surface area contributed by atoms with Crippen LogP contribution in [0.1, 0.15) is 38.3 Å². The van der Waals surface area contributed by atoms with Crippen LogP contribution in [0.15, 0.2) is 24.3 Å². The van der Waals surface area contributed by atoms with Crippen LogP contribution < -0.4 is 5.32 Å². The Kier molecular flexibility index (Phi) is 6.93. The molecule has 0 saturated carbocycles. The molecule has 4 heteroatoms. The molecule has 1 amide bonds. The molecule has 2 N–H and O–H groups in total. The molecule has 114 valence electrons. The quantitative estimate of drug-likeness (QED) is 0.813. The average molecular weight is 289 g/mol. The topological polar surface area (TPSA) is 58.6 Å². The maximum Gasteiger partial charge on any atom is 0.246 e. The largest absolute Gasteiger partial charge is 0.395 e. The first-order valence-electron chi connectivity index (χ1n) is 7.00. The van der Waals surface area contributed by atoms with Crippen LogP contribution in [0.25, 0.3) is 0 Å². The molecule has 1 rings (SSSR count). The summed E-state index contributed by atoms with van der Waals surface area (Å²) in [5.74, 6) is 5.71. The maximum atomic E-state index is 11.7. The van der Waals surface area contributed by atoms with Crippen LogP contribution in [0.5, 0.6) is 0 Å². The third kappa shape index (κ3) is 8.13. The Hall–Kier alpha value is -1.83. The number of ether oxygens (including phenoxy) is 1. The summed E-state index contributed by atoms with van der Waals surface area (Å²) < 4.78 is 5.41. The highest BCUT2D eigenvalue weighted by atomic mass is 16.5. The number of hydrogen-bond donors (Lipinski definition) is 2. The van der Waals surface area contributed by atoms with E-state index in [4.69, 9.17) is 9.84 Å². The van der Waals surface area contributed by atoms with Gasteiger partial charge in [-0.1, -0.05) is 24.0 Å². The van der Waals surface area contributed by atoms with Crippen molar-refractivity contribution in [2.24, 2.45) is 0 Å². The van der Waals surface area contributed by atoms with Crippen LogP contribution in [0.4, 0.5) is 0 Å². The van der Waals surface area contributed by atoms with Crippen molar-refractivity contribution < 1.29 is 14.6 Å². The summed E-state index contributed by atoms with van der Waals surface area (Å²) in [6.45, 7) is 6.30. The fraction of sp³-hybridized carbons (Fsp3) is 0.471. The Morgan fingerprint density at radius 1 is 1.38 bits per heavy atom. The van der Waals surface area contributed by atoms with Gasteiger partial charge in [0.15, 0.2) is 0 Å². The van der Waals surface area contributed by atoms with Crippen LogP contribution in [0.2, 0.25) is 0 Å². The number of rotatable bonds is 5. The summed E-state index contributed by atoms with van der Waals surface area (Å²) in [7, 11) is 0. The number of carbonyl (C=O) groups is 1. The van der Waals surface area contributed by atoms with Crippen molar-refractivity contribution in [3.63, 3.8) is 0 Å². The Balaban J connectivity index is 2.47. The molecule has 0 aromatic heterocycles. The zero-order chi connectivity index (χ0) is 15.7. The molecule has 0 spiro atoms. The number of hydrogen-bond acceptors (Lipinski definition) is 3. The minimum absolute atomic E-state index is 0.0551. The summed E-state index contributed by atoms with van der Waals surface area (Å²) in [6.07, 6.45) is 0.463. The highest BCUT2D eigenvalue weighted by Gasteiger charge is 2.12. The van der Waals surface area contributed by atoms with Crippen LogP contribution in [-0.4, -0.2) is 29.8 Å².